The van der Waals surface area contributed by atoms with Crippen LogP contribution in [0.5, 0.6) is 11.5 Å². The summed E-state index contributed by atoms with van der Waals surface area (Å²) in [4.78, 5) is 13.2. The average molecular weight is 251 g/mol. The zero-order valence-corrected chi connectivity index (χ0v) is 10.5. The van der Waals surface area contributed by atoms with Crippen LogP contribution in [-0.2, 0) is 4.79 Å². The second-order valence-corrected chi connectivity index (χ2v) is 4.22. The van der Waals surface area contributed by atoms with E-state index in [4.69, 9.17) is 9.47 Å². The van der Waals surface area contributed by atoms with Crippen LogP contribution in [0.4, 0.5) is 0 Å². The van der Waals surface area contributed by atoms with E-state index in [0.29, 0.717) is 18.0 Å². The summed E-state index contributed by atoms with van der Waals surface area (Å²) in [7, 11) is 1.73. The maximum absolute atomic E-state index is 11.6. The summed E-state index contributed by atoms with van der Waals surface area (Å²) in [6.45, 7) is 2.84. The van der Waals surface area contributed by atoms with Crippen molar-refractivity contribution in [1.29, 1.82) is 0 Å². The Kier molecular flexibility index (Phi) is 3.72. The summed E-state index contributed by atoms with van der Waals surface area (Å²) in [5.74, 6) is 1.12. The molecule has 0 saturated carbocycles. The predicted molar refractivity (Wildman–Crippen MR) is 65.7 cm³/mol. The topological polar surface area (TPSA) is 59.0 Å². The molecular formula is C13H17NO4. The molecule has 1 aliphatic rings. The summed E-state index contributed by atoms with van der Waals surface area (Å²) in [5, 5.41) is 9.57. The Bertz CT molecular complexity index is 447. The third kappa shape index (κ3) is 2.56. The van der Waals surface area contributed by atoms with Crippen molar-refractivity contribution in [2.75, 3.05) is 26.8 Å². The van der Waals surface area contributed by atoms with Gasteiger partial charge in [-0.05, 0) is 19.1 Å². The summed E-state index contributed by atoms with van der Waals surface area (Å²) in [6, 6.07) is 5.19. The molecule has 5 heteroatoms. The van der Waals surface area contributed by atoms with Crippen LogP contribution in [0.2, 0.25) is 0 Å². The van der Waals surface area contributed by atoms with E-state index in [1.54, 1.807) is 30.1 Å². The number of fused-ring (bicyclic) bond motifs is 1. The molecule has 1 aromatic rings. The molecule has 1 unspecified atom stereocenters. The monoisotopic (exact) mass is 251 g/mol. The van der Waals surface area contributed by atoms with Gasteiger partial charge in [-0.2, -0.15) is 0 Å². The molecule has 18 heavy (non-hydrogen) atoms. The molecule has 1 N–H and O–H groups in total. The minimum absolute atomic E-state index is 0.00564. The number of aliphatic hydroxyl groups excluding tert-OH is 1. The number of hydrogen-bond acceptors (Lipinski definition) is 4. The van der Waals surface area contributed by atoms with Gasteiger partial charge < -0.3 is 19.5 Å². The fourth-order valence-electron chi connectivity index (χ4n) is 1.69. The summed E-state index contributed by atoms with van der Waals surface area (Å²) in [5.41, 5.74) is 0.763. The van der Waals surface area contributed by atoms with Crippen molar-refractivity contribution in [3.8, 4) is 11.5 Å². The molecule has 0 fully saturated rings. The number of carbonyl (C=O) groups excluding carboxylic acids is 1. The molecule has 0 saturated heterocycles. The van der Waals surface area contributed by atoms with E-state index in [0.717, 1.165) is 5.56 Å². The molecule has 1 atom stereocenters. The highest BCUT2D eigenvalue weighted by Gasteiger charge is 2.22. The molecule has 1 aliphatic heterocycles. The van der Waals surface area contributed by atoms with Gasteiger partial charge in [-0.1, -0.05) is 0 Å². The quantitative estimate of drug-likeness (QED) is 0.866. The van der Waals surface area contributed by atoms with Gasteiger partial charge in [-0.3, -0.25) is 4.79 Å². The number of carbonyl (C=O) groups is 1. The number of likely N-dealkylation sites (N-methyl/N-ethyl adjacent to an activating group) is 1. The normalized spacial score (nSPS) is 16.9. The first-order valence-corrected chi connectivity index (χ1v) is 5.93. The number of amides is 1. The van der Waals surface area contributed by atoms with Gasteiger partial charge in [0, 0.05) is 25.2 Å². The van der Waals surface area contributed by atoms with Crippen LogP contribution in [0.1, 0.15) is 18.6 Å². The first kappa shape index (κ1) is 12.7. The molecule has 2 rings (SSSR count). The molecule has 0 bridgehead atoms. The second kappa shape index (κ2) is 5.27. The van der Waals surface area contributed by atoms with Crippen molar-refractivity contribution in [2.45, 2.75) is 13.0 Å². The predicted octanol–water partition coefficient (Wildman–Crippen LogP) is 0.969. The van der Waals surface area contributed by atoms with Gasteiger partial charge in [-0.25, -0.2) is 0 Å². The standard InChI is InChI=1S/C13H17NO4/c1-3-14(2)13(16)8-17-9-4-5-10-11(15)7-18-12(10)6-9/h4-6,11,15H,3,7-8H2,1-2H3. The molecule has 0 aromatic heterocycles. The summed E-state index contributed by atoms with van der Waals surface area (Å²) in [6.07, 6.45) is -0.568. The van der Waals surface area contributed by atoms with Gasteiger partial charge in [0.25, 0.3) is 5.91 Å². The first-order chi connectivity index (χ1) is 8.61. The first-order valence-electron chi connectivity index (χ1n) is 5.93. The lowest BCUT2D eigenvalue weighted by atomic mass is 10.1. The Hall–Kier alpha value is -1.75. The number of rotatable bonds is 4. The fourth-order valence-corrected chi connectivity index (χ4v) is 1.69. The smallest absolute Gasteiger partial charge is 0.260 e. The lowest BCUT2D eigenvalue weighted by molar-refractivity contribution is -0.131. The minimum atomic E-state index is -0.568. The van der Waals surface area contributed by atoms with Crippen molar-refractivity contribution in [1.82, 2.24) is 4.90 Å². The van der Waals surface area contributed by atoms with E-state index in [2.05, 4.69) is 0 Å². The van der Waals surface area contributed by atoms with Gasteiger partial charge in [-0.15, -0.1) is 0 Å². The van der Waals surface area contributed by atoms with Crippen molar-refractivity contribution >= 4 is 5.91 Å². The van der Waals surface area contributed by atoms with Gasteiger partial charge in [0.15, 0.2) is 6.61 Å². The van der Waals surface area contributed by atoms with Crippen molar-refractivity contribution < 1.29 is 19.4 Å². The Labute approximate surface area is 106 Å². The van der Waals surface area contributed by atoms with Crippen LogP contribution in [0, 0.1) is 0 Å². The van der Waals surface area contributed by atoms with Crippen LogP contribution in [0.3, 0.4) is 0 Å². The SMILES string of the molecule is CCN(C)C(=O)COc1ccc2c(c1)OCC2O. The third-order valence-electron chi connectivity index (χ3n) is 3.00. The van der Waals surface area contributed by atoms with E-state index in [1.807, 2.05) is 6.92 Å². The Balaban J connectivity index is 1.97. The van der Waals surface area contributed by atoms with Gasteiger partial charge in [0.05, 0.1) is 0 Å². The number of aliphatic hydroxyl groups is 1. The largest absolute Gasteiger partial charge is 0.490 e. The van der Waals surface area contributed by atoms with Gasteiger partial charge >= 0.3 is 0 Å². The summed E-state index contributed by atoms with van der Waals surface area (Å²) >= 11 is 0. The van der Waals surface area contributed by atoms with Crippen LogP contribution in [0.15, 0.2) is 18.2 Å². The van der Waals surface area contributed by atoms with Crippen LogP contribution < -0.4 is 9.47 Å². The molecule has 0 spiro atoms. The van der Waals surface area contributed by atoms with Crippen molar-refractivity contribution in [2.24, 2.45) is 0 Å². The molecule has 0 aliphatic carbocycles. The maximum atomic E-state index is 11.6. The van der Waals surface area contributed by atoms with E-state index < -0.39 is 6.10 Å². The molecular weight excluding hydrogens is 234 g/mol. The lowest BCUT2D eigenvalue weighted by Crippen LogP contribution is -2.31. The van der Waals surface area contributed by atoms with Crippen molar-refractivity contribution in [3.63, 3.8) is 0 Å². The number of hydrogen-bond donors (Lipinski definition) is 1. The Morgan fingerprint density at radius 2 is 2.39 bits per heavy atom. The molecule has 1 aromatic carbocycles. The highest BCUT2D eigenvalue weighted by atomic mass is 16.5. The Morgan fingerprint density at radius 1 is 1.61 bits per heavy atom. The molecule has 0 radical (unpaired) electrons. The number of ether oxygens (including phenoxy) is 2. The van der Waals surface area contributed by atoms with Gasteiger partial charge in [0.2, 0.25) is 0 Å². The lowest BCUT2D eigenvalue weighted by Gasteiger charge is -2.15. The fraction of sp³-hybridized carbons (Fsp3) is 0.462. The molecule has 5 nitrogen and oxygen atoms in total. The van der Waals surface area contributed by atoms with E-state index in [9.17, 15) is 9.90 Å². The van der Waals surface area contributed by atoms with Crippen molar-refractivity contribution in [3.05, 3.63) is 23.8 Å². The third-order valence-corrected chi connectivity index (χ3v) is 3.00. The average Bonchev–Trinajstić information content (AvgIpc) is 2.76. The van der Waals surface area contributed by atoms with E-state index in [1.165, 1.54) is 0 Å². The van der Waals surface area contributed by atoms with Gasteiger partial charge in [0.1, 0.15) is 24.2 Å². The summed E-state index contributed by atoms with van der Waals surface area (Å²) < 4.78 is 10.7. The zero-order valence-electron chi connectivity index (χ0n) is 10.5. The van der Waals surface area contributed by atoms with Crippen LogP contribution in [-0.4, -0.2) is 42.7 Å². The highest BCUT2D eigenvalue weighted by molar-refractivity contribution is 5.77. The Morgan fingerprint density at radius 3 is 3.11 bits per heavy atom. The minimum Gasteiger partial charge on any atom is -0.490 e. The van der Waals surface area contributed by atoms with E-state index >= 15 is 0 Å². The molecule has 1 amide bonds. The number of benzene rings is 1. The number of nitrogens with zero attached hydrogens (tertiary/aromatic N) is 1. The highest BCUT2D eigenvalue weighted by Crippen LogP contribution is 2.34. The zero-order chi connectivity index (χ0) is 13.1. The van der Waals surface area contributed by atoms with E-state index in [-0.39, 0.29) is 19.1 Å². The molecule has 98 valence electrons. The van der Waals surface area contributed by atoms with Crippen LogP contribution >= 0.6 is 0 Å². The molecule has 1 heterocycles. The van der Waals surface area contributed by atoms with Crippen LogP contribution in [0.25, 0.3) is 0 Å². The second-order valence-electron chi connectivity index (χ2n) is 4.22. The maximum Gasteiger partial charge on any atom is 0.260 e.